The van der Waals surface area contributed by atoms with Gasteiger partial charge in [-0.25, -0.2) is 4.79 Å². The summed E-state index contributed by atoms with van der Waals surface area (Å²) in [6.07, 6.45) is 1.09. The molecule has 1 fully saturated rings. The molecule has 2 aliphatic rings. The molecule has 1 aromatic heterocycles. The molecule has 2 atom stereocenters. The number of nitrogens with one attached hydrogen (secondary N) is 1. The molecule has 1 N–H and O–H groups in total. The van der Waals surface area contributed by atoms with Crippen LogP contribution in [-0.2, 0) is 11.3 Å². The van der Waals surface area contributed by atoms with Gasteiger partial charge in [-0.05, 0) is 61.8 Å². The number of benzene rings is 1. The standard InChI is InChI=1S/C21H23N3O3S/c1-2-27-20(26)15-6-8-17(9-7-15)22-21(28)23-11-14-10-16(13-23)18-4-3-5-19(25)24(18)12-14/h3-9,14,16H,2,10-13H2,1H3,(H,22,28)/t14-,16+/m1/s1. The Morgan fingerprint density at radius 2 is 1.96 bits per heavy atom. The van der Waals surface area contributed by atoms with E-state index in [9.17, 15) is 9.59 Å². The Labute approximate surface area is 169 Å². The van der Waals surface area contributed by atoms with Crippen molar-refractivity contribution in [3.05, 3.63) is 64.1 Å². The summed E-state index contributed by atoms with van der Waals surface area (Å²) in [5.41, 5.74) is 2.55. The second kappa shape index (κ2) is 7.75. The molecule has 146 valence electrons. The van der Waals surface area contributed by atoms with E-state index in [1.54, 1.807) is 25.1 Å². The topological polar surface area (TPSA) is 63.6 Å². The fourth-order valence-corrected chi connectivity index (χ4v) is 4.44. The molecule has 3 heterocycles. The van der Waals surface area contributed by atoms with Crippen molar-refractivity contribution >= 4 is 29.0 Å². The predicted octanol–water partition coefficient (Wildman–Crippen LogP) is 2.84. The number of carbonyl (C=O) groups is 1. The van der Waals surface area contributed by atoms with E-state index in [1.165, 1.54) is 0 Å². The van der Waals surface area contributed by atoms with Gasteiger partial charge in [0.25, 0.3) is 5.56 Å². The number of anilines is 1. The van der Waals surface area contributed by atoms with Crippen LogP contribution in [0.25, 0.3) is 0 Å². The molecular formula is C21H23N3O3S. The zero-order valence-corrected chi connectivity index (χ0v) is 16.6. The molecule has 0 unspecified atom stereocenters. The normalized spacial score (nSPS) is 20.2. The maximum atomic E-state index is 12.1. The first-order valence-corrected chi connectivity index (χ1v) is 9.99. The molecule has 4 rings (SSSR count). The van der Waals surface area contributed by atoms with Crippen LogP contribution in [0.3, 0.4) is 0 Å². The maximum Gasteiger partial charge on any atom is 0.338 e. The number of pyridine rings is 1. The first-order chi connectivity index (χ1) is 13.5. The number of fused-ring (bicyclic) bond motifs is 4. The van der Waals surface area contributed by atoms with E-state index >= 15 is 0 Å². The number of esters is 1. The fourth-order valence-electron chi connectivity index (χ4n) is 4.17. The molecule has 28 heavy (non-hydrogen) atoms. The lowest BCUT2D eigenvalue weighted by molar-refractivity contribution is 0.0526. The van der Waals surface area contributed by atoms with Gasteiger partial charge in [0.1, 0.15) is 0 Å². The van der Waals surface area contributed by atoms with E-state index in [0.717, 1.165) is 37.4 Å². The van der Waals surface area contributed by atoms with Crippen molar-refractivity contribution in [3.8, 4) is 0 Å². The largest absolute Gasteiger partial charge is 0.462 e. The van der Waals surface area contributed by atoms with Gasteiger partial charge < -0.3 is 19.5 Å². The third kappa shape index (κ3) is 3.67. The minimum Gasteiger partial charge on any atom is -0.462 e. The van der Waals surface area contributed by atoms with Crippen LogP contribution in [0, 0.1) is 5.92 Å². The minimum absolute atomic E-state index is 0.0861. The molecule has 2 bridgehead atoms. The molecule has 6 nitrogen and oxygen atoms in total. The molecule has 7 heteroatoms. The smallest absolute Gasteiger partial charge is 0.338 e. The first kappa shape index (κ1) is 18.7. The van der Waals surface area contributed by atoms with Gasteiger partial charge in [-0.1, -0.05) is 6.07 Å². The van der Waals surface area contributed by atoms with Gasteiger partial charge in [0.2, 0.25) is 0 Å². The van der Waals surface area contributed by atoms with Gasteiger partial charge in [0.05, 0.1) is 12.2 Å². The van der Waals surface area contributed by atoms with Gasteiger partial charge in [-0.3, -0.25) is 4.79 Å². The number of piperidine rings is 1. The van der Waals surface area contributed by atoms with Crippen LogP contribution in [0.4, 0.5) is 5.69 Å². The second-order valence-electron chi connectivity index (χ2n) is 7.33. The van der Waals surface area contributed by atoms with Crippen molar-refractivity contribution in [2.75, 3.05) is 25.0 Å². The van der Waals surface area contributed by atoms with Crippen LogP contribution in [0.15, 0.2) is 47.3 Å². The zero-order chi connectivity index (χ0) is 19.7. The van der Waals surface area contributed by atoms with Crippen LogP contribution in [0.5, 0.6) is 0 Å². The number of hydrogen-bond donors (Lipinski definition) is 1. The number of ether oxygens (including phenoxy) is 1. The summed E-state index contributed by atoms with van der Waals surface area (Å²) in [7, 11) is 0. The van der Waals surface area contributed by atoms with Gasteiger partial charge in [-0.2, -0.15) is 0 Å². The van der Waals surface area contributed by atoms with E-state index in [0.29, 0.717) is 29.1 Å². The highest BCUT2D eigenvalue weighted by molar-refractivity contribution is 7.80. The minimum atomic E-state index is -0.325. The molecule has 0 spiro atoms. The number of thiocarbonyl (C=S) groups is 1. The Balaban J connectivity index is 1.44. The van der Waals surface area contributed by atoms with Gasteiger partial charge in [-0.15, -0.1) is 0 Å². The Morgan fingerprint density at radius 1 is 1.18 bits per heavy atom. The lowest BCUT2D eigenvalue weighted by Gasteiger charge is -2.43. The van der Waals surface area contributed by atoms with Crippen LogP contribution in [0.1, 0.15) is 35.3 Å². The molecule has 2 aromatic rings. The van der Waals surface area contributed by atoms with Crippen molar-refractivity contribution in [1.29, 1.82) is 0 Å². The van der Waals surface area contributed by atoms with Crippen molar-refractivity contribution in [2.45, 2.75) is 25.8 Å². The number of rotatable bonds is 3. The van der Waals surface area contributed by atoms with E-state index < -0.39 is 0 Å². The average molecular weight is 398 g/mol. The summed E-state index contributed by atoms with van der Waals surface area (Å²) in [6, 6.07) is 12.7. The quantitative estimate of drug-likeness (QED) is 0.635. The molecule has 0 aliphatic carbocycles. The van der Waals surface area contributed by atoms with E-state index in [-0.39, 0.29) is 11.5 Å². The first-order valence-electron chi connectivity index (χ1n) is 9.58. The summed E-state index contributed by atoms with van der Waals surface area (Å²) in [5.74, 6) is 0.402. The monoisotopic (exact) mass is 397 g/mol. The number of likely N-dealkylation sites (tertiary alicyclic amines) is 1. The SMILES string of the molecule is CCOC(=O)c1ccc(NC(=S)N2C[C@H]3C[C@@H](C2)c2cccc(=O)n2C3)cc1. The molecule has 1 saturated heterocycles. The number of nitrogens with zero attached hydrogens (tertiary/aromatic N) is 2. The number of carbonyl (C=O) groups excluding carboxylic acids is 1. The third-order valence-electron chi connectivity index (χ3n) is 5.41. The summed E-state index contributed by atoms with van der Waals surface area (Å²) in [4.78, 5) is 26.1. The second-order valence-corrected chi connectivity index (χ2v) is 7.72. The van der Waals surface area contributed by atoms with Crippen LogP contribution in [0.2, 0.25) is 0 Å². The van der Waals surface area contributed by atoms with Gasteiger partial charge in [0, 0.05) is 43.0 Å². The van der Waals surface area contributed by atoms with Crippen LogP contribution in [-0.4, -0.2) is 40.2 Å². The third-order valence-corrected chi connectivity index (χ3v) is 5.77. The Kier molecular flexibility index (Phi) is 5.17. The summed E-state index contributed by atoms with van der Waals surface area (Å²) >= 11 is 5.64. The van der Waals surface area contributed by atoms with Crippen molar-refractivity contribution in [1.82, 2.24) is 9.47 Å². The highest BCUT2D eigenvalue weighted by Crippen LogP contribution is 2.35. The molecule has 0 amide bonds. The van der Waals surface area contributed by atoms with Crippen molar-refractivity contribution in [3.63, 3.8) is 0 Å². The number of aromatic nitrogens is 1. The lowest BCUT2D eigenvalue weighted by Crippen LogP contribution is -2.50. The molecule has 2 aliphatic heterocycles. The van der Waals surface area contributed by atoms with Gasteiger partial charge in [0.15, 0.2) is 5.11 Å². The van der Waals surface area contributed by atoms with Crippen molar-refractivity contribution < 1.29 is 9.53 Å². The van der Waals surface area contributed by atoms with Gasteiger partial charge >= 0.3 is 5.97 Å². The van der Waals surface area contributed by atoms with E-state index in [1.807, 2.05) is 22.8 Å². The maximum absolute atomic E-state index is 12.1. The summed E-state index contributed by atoms with van der Waals surface area (Å²) in [6.45, 7) is 4.53. The molecular weight excluding hydrogens is 374 g/mol. The highest BCUT2D eigenvalue weighted by Gasteiger charge is 2.35. The van der Waals surface area contributed by atoms with Crippen LogP contribution >= 0.6 is 12.2 Å². The van der Waals surface area contributed by atoms with E-state index in [2.05, 4.69) is 16.3 Å². The van der Waals surface area contributed by atoms with Crippen molar-refractivity contribution in [2.24, 2.45) is 5.92 Å². The van der Waals surface area contributed by atoms with Crippen LogP contribution < -0.4 is 10.9 Å². The highest BCUT2D eigenvalue weighted by atomic mass is 32.1. The Hall–Kier alpha value is -2.67. The fraction of sp³-hybridized carbons (Fsp3) is 0.381. The average Bonchev–Trinajstić information content (AvgIpc) is 2.69. The Morgan fingerprint density at radius 3 is 2.71 bits per heavy atom. The predicted molar refractivity (Wildman–Crippen MR) is 112 cm³/mol. The Bertz CT molecular complexity index is 954. The molecule has 0 radical (unpaired) electrons. The lowest BCUT2D eigenvalue weighted by atomic mass is 9.83. The summed E-state index contributed by atoms with van der Waals surface area (Å²) in [5, 5.41) is 3.94. The van der Waals surface area contributed by atoms with E-state index in [4.69, 9.17) is 17.0 Å². The number of hydrogen-bond acceptors (Lipinski definition) is 4. The zero-order valence-electron chi connectivity index (χ0n) is 15.8. The molecule has 0 saturated carbocycles. The molecule has 1 aromatic carbocycles. The summed E-state index contributed by atoms with van der Waals surface area (Å²) < 4.78 is 6.92.